The molecule has 0 spiro atoms. The fraction of sp³-hybridized carbons (Fsp3) is 0.150. The van der Waals surface area contributed by atoms with E-state index in [-0.39, 0.29) is 5.78 Å². The first-order chi connectivity index (χ1) is 10.5. The van der Waals surface area contributed by atoms with Gasteiger partial charge in [0.1, 0.15) is 0 Å². The lowest BCUT2D eigenvalue weighted by atomic mass is 9.97. The number of rotatable bonds is 5. The van der Waals surface area contributed by atoms with Crippen LogP contribution in [-0.2, 0) is 0 Å². The predicted molar refractivity (Wildman–Crippen MR) is 93.6 cm³/mol. The molecule has 2 rings (SSSR count). The van der Waals surface area contributed by atoms with Crippen LogP contribution in [0.1, 0.15) is 28.4 Å². The highest BCUT2D eigenvalue weighted by Crippen LogP contribution is 2.19. The topological polar surface area (TPSA) is 20.3 Å². The molecule has 0 N–H and O–H groups in total. The van der Waals surface area contributed by atoms with Crippen LogP contribution in [0.5, 0.6) is 0 Å². The first-order valence-electron chi connectivity index (χ1n) is 7.24. The molecule has 0 aliphatic carbocycles. The zero-order valence-electron chi connectivity index (χ0n) is 13.3. The predicted octanol–water partition coefficient (Wildman–Crippen LogP) is 4.51. The first kappa shape index (κ1) is 15.8. The molecule has 0 saturated heterocycles. The quantitative estimate of drug-likeness (QED) is 0.597. The van der Waals surface area contributed by atoms with Gasteiger partial charge in [0.05, 0.1) is 0 Å². The molecular formula is C20H21NO. The lowest BCUT2D eigenvalue weighted by Gasteiger charge is -2.12. The van der Waals surface area contributed by atoms with Crippen LogP contribution in [0.15, 0.2) is 66.9 Å². The van der Waals surface area contributed by atoms with Crippen molar-refractivity contribution in [2.24, 2.45) is 0 Å². The molecule has 2 nitrogen and oxygen atoms in total. The molecule has 0 unspecified atom stereocenters. The molecule has 0 aliphatic heterocycles. The Hall–Kier alpha value is -2.61. The fourth-order valence-corrected chi connectivity index (χ4v) is 2.05. The van der Waals surface area contributed by atoms with E-state index < -0.39 is 0 Å². The third-order valence-corrected chi connectivity index (χ3v) is 3.65. The lowest BCUT2D eigenvalue weighted by Crippen LogP contribution is -2.07. The van der Waals surface area contributed by atoms with Gasteiger partial charge in [-0.15, -0.1) is 0 Å². The molecule has 112 valence electrons. The second kappa shape index (κ2) is 6.90. The summed E-state index contributed by atoms with van der Waals surface area (Å²) < 4.78 is 0. The molecule has 0 radical (unpaired) electrons. The van der Waals surface area contributed by atoms with E-state index in [1.54, 1.807) is 0 Å². The van der Waals surface area contributed by atoms with Gasteiger partial charge in [0.2, 0.25) is 0 Å². The summed E-state index contributed by atoms with van der Waals surface area (Å²) in [5.74, 6) is -0.0361. The number of hydrogen-bond acceptors (Lipinski definition) is 2. The molecule has 0 aromatic heterocycles. The third-order valence-electron chi connectivity index (χ3n) is 3.65. The van der Waals surface area contributed by atoms with Crippen LogP contribution >= 0.6 is 0 Å². The highest BCUT2D eigenvalue weighted by molar-refractivity contribution is 6.28. The van der Waals surface area contributed by atoms with Gasteiger partial charge in [-0.05, 0) is 24.1 Å². The van der Waals surface area contributed by atoms with Crippen LogP contribution in [-0.4, -0.2) is 24.8 Å². The smallest absolute Gasteiger partial charge is 0.193 e. The highest BCUT2D eigenvalue weighted by Gasteiger charge is 2.11. The van der Waals surface area contributed by atoms with Crippen LogP contribution in [0.25, 0.3) is 11.6 Å². The number of ketones is 1. The van der Waals surface area contributed by atoms with Crippen LogP contribution < -0.4 is 0 Å². The van der Waals surface area contributed by atoms with Gasteiger partial charge in [-0.25, -0.2) is 0 Å². The monoisotopic (exact) mass is 291 g/mol. The summed E-state index contributed by atoms with van der Waals surface area (Å²) in [5.41, 5.74) is 4.28. The number of Topliss-reactive ketones (excluding diaryl/α,β-unsaturated/α-hetero) is 1. The molecule has 0 bridgehead atoms. The fourth-order valence-electron chi connectivity index (χ4n) is 2.05. The normalized spacial score (nSPS) is 11.1. The van der Waals surface area contributed by atoms with Gasteiger partial charge in [0.25, 0.3) is 0 Å². The maximum absolute atomic E-state index is 12.5. The summed E-state index contributed by atoms with van der Waals surface area (Å²) >= 11 is 0. The van der Waals surface area contributed by atoms with E-state index in [0.717, 1.165) is 16.8 Å². The minimum Gasteiger partial charge on any atom is -0.381 e. The Balaban J connectivity index is 2.19. The minimum absolute atomic E-state index is 0.0361. The SMILES string of the molecule is C=C(C(=O)c1ccc(/C=C(\C)N(C)C)cc1)c1ccccc1. The Morgan fingerprint density at radius 3 is 2.09 bits per heavy atom. The number of carbonyl (C=O) groups excluding carboxylic acids is 1. The maximum Gasteiger partial charge on any atom is 0.193 e. The zero-order chi connectivity index (χ0) is 16.1. The Bertz CT molecular complexity index is 694. The number of carbonyl (C=O) groups is 1. The van der Waals surface area contributed by atoms with Gasteiger partial charge in [0, 0.05) is 30.9 Å². The zero-order valence-corrected chi connectivity index (χ0v) is 13.3. The van der Waals surface area contributed by atoms with Crippen molar-refractivity contribution in [3.05, 3.63) is 83.6 Å². The second-order valence-electron chi connectivity index (χ2n) is 5.48. The molecule has 22 heavy (non-hydrogen) atoms. The van der Waals surface area contributed by atoms with Gasteiger partial charge >= 0.3 is 0 Å². The largest absolute Gasteiger partial charge is 0.381 e. The molecule has 0 amide bonds. The van der Waals surface area contributed by atoms with Crippen molar-refractivity contribution >= 4 is 17.4 Å². The highest BCUT2D eigenvalue weighted by atomic mass is 16.1. The molecule has 0 atom stereocenters. The van der Waals surface area contributed by atoms with E-state index in [1.807, 2.05) is 68.7 Å². The minimum atomic E-state index is -0.0361. The Morgan fingerprint density at radius 1 is 0.955 bits per heavy atom. The van der Waals surface area contributed by atoms with Gasteiger partial charge in [-0.2, -0.15) is 0 Å². The van der Waals surface area contributed by atoms with Crippen LogP contribution in [0.2, 0.25) is 0 Å². The van der Waals surface area contributed by atoms with E-state index >= 15 is 0 Å². The molecule has 2 aromatic rings. The third kappa shape index (κ3) is 3.73. The molecule has 0 saturated carbocycles. The summed E-state index contributed by atoms with van der Waals surface area (Å²) in [6, 6.07) is 17.2. The van der Waals surface area contributed by atoms with Crippen LogP contribution in [0, 0.1) is 0 Å². The summed E-state index contributed by atoms with van der Waals surface area (Å²) in [5, 5.41) is 0. The lowest BCUT2D eigenvalue weighted by molar-refractivity contribution is 0.105. The Kier molecular flexibility index (Phi) is 4.95. The van der Waals surface area contributed by atoms with E-state index in [0.29, 0.717) is 11.1 Å². The van der Waals surface area contributed by atoms with Crippen LogP contribution in [0.3, 0.4) is 0 Å². The number of allylic oxidation sites excluding steroid dienone is 2. The second-order valence-corrected chi connectivity index (χ2v) is 5.48. The molecule has 0 fully saturated rings. The van der Waals surface area contributed by atoms with Crippen molar-refractivity contribution in [1.29, 1.82) is 0 Å². The summed E-state index contributed by atoms with van der Waals surface area (Å²) in [4.78, 5) is 14.5. The summed E-state index contributed by atoms with van der Waals surface area (Å²) in [7, 11) is 4.02. The molecule has 0 aliphatic rings. The molecule has 0 heterocycles. The maximum atomic E-state index is 12.5. The van der Waals surface area contributed by atoms with Gasteiger partial charge in [-0.3, -0.25) is 4.79 Å². The van der Waals surface area contributed by atoms with Gasteiger partial charge in [-0.1, -0.05) is 61.2 Å². The van der Waals surface area contributed by atoms with Crippen molar-refractivity contribution in [1.82, 2.24) is 4.90 Å². The number of hydrogen-bond donors (Lipinski definition) is 0. The number of nitrogens with zero attached hydrogens (tertiary/aromatic N) is 1. The van der Waals surface area contributed by atoms with Gasteiger partial charge in [0.15, 0.2) is 5.78 Å². The van der Waals surface area contributed by atoms with E-state index in [9.17, 15) is 4.79 Å². The van der Waals surface area contributed by atoms with Crippen molar-refractivity contribution in [2.45, 2.75) is 6.92 Å². The van der Waals surface area contributed by atoms with Crippen molar-refractivity contribution in [3.63, 3.8) is 0 Å². The van der Waals surface area contributed by atoms with Crippen LogP contribution in [0.4, 0.5) is 0 Å². The number of benzene rings is 2. The molecule has 2 heteroatoms. The molecule has 2 aromatic carbocycles. The van der Waals surface area contributed by atoms with Crippen molar-refractivity contribution in [3.8, 4) is 0 Å². The van der Waals surface area contributed by atoms with Crippen molar-refractivity contribution < 1.29 is 4.79 Å². The van der Waals surface area contributed by atoms with Crippen molar-refractivity contribution in [2.75, 3.05) is 14.1 Å². The summed E-state index contributed by atoms with van der Waals surface area (Å²) in [6.45, 7) is 5.98. The van der Waals surface area contributed by atoms with E-state index in [4.69, 9.17) is 0 Å². The van der Waals surface area contributed by atoms with E-state index in [2.05, 4.69) is 24.5 Å². The average Bonchev–Trinajstić information content (AvgIpc) is 2.55. The Labute approximate surface area is 132 Å². The molecular weight excluding hydrogens is 270 g/mol. The Morgan fingerprint density at radius 2 is 1.55 bits per heavy atom. The first-order valence-corrected chi connectivity index (χ1v) is 7.24. The standard InChI is InChI=1S/C20H21NO/c1-15(21(3)4)14-17-10-12-19(13-11-17)20(22)16(2)18-8-6-5-7-9-18/h5-14H,2H2,1,3-4H3/b15-14+. The summed E-state index contributed by atoms with van der Waals surface area (Å²) in [6.07, 6.45) is 2.08. The average molecular weight is 291 g/mol. The van der Waals surface area contributed by atoms with Gasteiger partial charge < -0.3 is 4.90 Å². The van der Waals surface area contributed by atoms with E-state index in [1.165, 1.54) is 0 Å².